The molecule has 0 aliphatic rings. The summed E-state index contributed by atoms with van der Waals surface area (Å²) in [4.78, 5) is 0. The SMILES string of the molecule is CCNCCC(C)CCc1c(C)cc(F)cc1C. The monoisotopic (exact) mass is 251 g/mol. The van der Waals surface area contributed by atoms with E-state index in [1.54, 1.807) is 12.1 Å². The molecule has 0 radical (unpaired) electrons. The van der Waals surface area contributed by atoms with Crippen LogP contribution in [-0.2, 0) is 6.42 Å². The number of nitrogens with one attached hydrogen (secondary N) is 1. The highest BCUT2D eigenvalue weighted by atomic mass is 19.1. The Morgan fingerprint density at radius 1 is 1.17 bits per heavy atom. The second kappa shape index (κ2) is 7.52. The van der Waals surface area contributed by atoms with Gasteiger partial charge in [-0.2, -0.15) is 0 Å². The lowest BCUT2D eigenvalue weighted by Gasteiger charge is -2.14. The minimum atomic E-state index is -0.117. The van der Waals surface area contributed by atoms with Gasteiger partial charge in [-0.05, 0) is 80.9 Å². The molecule has 0 spiro atoms. The van der Waals surface area contributed by atoms with Gasteiger partial charge in [-0.25, -0.2) is 4.39 Å². The van der Waals surface area contributed by atoms with Crippen LogP contribution in [-0.4, -0.2) is 13.1 Å². The van der Waals surface area contributed by atoms with Gasteiger partial charge in [-0.3, -0.25) is 0 Å². The summed E-state index contributed by atoms with van der Waals surface area (Å²) in [6, 6.07) is 3.29. The van der Waals surface area contributed by atoms with Crippen molar-refractivity contribution in [3.63, 3.8) is 0 Å². The number of halogens is 1. The van der Waals surface area contributed by atoms with E-state index in [2.05, 4.69) is 19.2 Å². The molecule has 102 valence electrons. The topological polar surface area (TPSA) is 12.0 Å². The van der Waals surface area contributed by atoms with Crippen molar-refractivity contribution in [2.24, 2.45) is 5.92 Å². The normalized spacial score (nSPS) is 12.7. The smallest absolute Gasteiger partial charge is 0.123 e. The molecule has 1 aromatic rings. The van der Waals surface area contributed by atoms with Gasteiger partial charge in [0.05, 0.1) is 0 Å². The Labute approximate surface area is 111 Å². The molecule has 1 nitrogen and oxygen atoms in total. The largest absolute Gasteiger partial charge is 0.317 e. The van der Waals surface area contributed by atoms with Gasteiger partial charge in [0.1, 0.15) is 5.82 Å². The summed E-state index contributed by atoms with van der Waals surface area (Å²) in [7, 11) is 0. The van der Waals surface area contributed by atoms with E-state index in [0.29, 0.717) is 5.92 Å². The van der Waals surface area contributed by atoms with Crippen LogP contribution in [0.4, 0.5) is 4.39 Å². The third kappa shape index (κ3) is 4.77. The Bertz CT molecular complexity index is 350. The van der Waals surface area contributed by atoms with Crippen molar-refractivity contribution in [1.29, 1.82) is 0 Å². The fourth-order valence-corrected chi connectivity index (χ4v) is 2.40. The summed E-state index contributed by atoms with van der Waals surface area (Å²) in [5.74, 6) is 0.599. The molecule has 1 rings (SSSR count). The van der Waals surface area contributed by atoms with Crippen LogP contribution < -0.4 is 5.32 Å². The molecule has 18 heavy (non-hydrogen) atoms. The molecule has 0 saturated heterocycles. The third-order valence-corrected chi connectivity index (χ3v) is 3.61. The summed E-state index contributed by atoms with van der Waals surface area (Å²) in [6.07, 6.45) is 3.46. The molecule has 1 atom stereocenters. The number of hydrogen-bond acceptors (Lipinski definition) is 1. The van der Waals surface area contributed by atoms with Gasteiger partial charge in [-0.1, -0.05) is 13.8 Å². The molecule has 0 heterocycles. The lowest BCUT2D eigenvalue weighted by atomic mass is 9.93. The highest BCUT2D eigenvalue weighted by Gasteiger charge is 2.08. The lowest BCUT2D eigenvalue weighted by molar-refractivity contribution is 0.473. The summed E-state index contributed by atoms with van der Waals surface area (Å²) in [5.41, 5.74) is 3.50. The first-order valence-electron chi connectivity index (χ1n) is 7.01. The molecule has 1 aromatic carbocycles. The quantitative estimate of drug-likeness (QED) is 0.722. The summed E-state index contributed by atoms with van der Waals surface area (Å²) >= 11 is 0. The van der Waals surface area contributed by atoms with Crippen molar-refractivity contribution in [3.05, 3.63) is 34.6 Å². The first kappa shape index (κ1) is 15.2. The van der Waals surface area contributed by atoms with Gasteiger partial charge in [0, 0.05) is 0 Å². The average Bonchev–Trinajstić information content (AvgIpc) is 2.27. The lowest BCUT2D eigenvalue weighted by Crippen LogP contribution is -2.16. The highest BCUT2D eigenvalue weighted by Crippen LogP contribution is 2.20. The zero-order valence-electron chi connectivity index (χ0n) is 12.1. The van der Waals surface area contributed by atoms with E-state index in [1.807, 2.05) is 13.8 Å². The molecule has 0 saturated carbocycles. The molecule has 0 aromatic heterocycles. The van der Waals surface area contributed by atoms with E-state index in [-0.39, 0.29) is 5.82 Å². The molecule has 2 heteroatoms. The first-order valence-corrected chi connectivity index (χ1v) is 7.01. The average molecular weight is 251 g/mol. The third-order valence-electron chi connectivity index (χ3n) is 3.61. The van der Waals surface area contributed by atoms with E-state index >= 15 is 0 Å². The summed E-state index contributed by atoms with van der Waals surface area (Å²) in [6.45, 7) is 10.6. The molecule has 1 N–H and O–H groups in total. The van der Waals surface area contributed by atoms with Gasteiger partial charge >= 0.3 is 0 Å². The summed E-state index contributed by atoms with van der Waals surface area (Å²) < 4.78 is 13.2. The van der Waals surface area contributed by atoms with Gasteiger partial charge in [0.2, 0.25) is 0 Å². The molecule has 0 amide bonds. The first-order chi connectivity index (χ1) is 8.54. The van der Waals surface area contributed by atoms with Crippen molar-refractivity contribution >= 4 is 0 Å². The van der Waals surface area contributed by atoms with Gasteiger partial charge in [-0.15, -0.1) is 0 Å². The number of rotatable bonds is 7. The van der Waals surface area contributed by atoms with E-state index in [1.165, 1.54) is 18.4 Å². The second-order valence-electron chi connectivity index (χ2n) is 5.30. The van der Waals surface area contributed by atoms with Crippen LogP contribution in [0.25, 0.3) is 0 Å². The Kier molecular flexibility index (Phi) is 6.34. The Balaban J connectivity index is 2.48. The fourth-order valence-electron chi connectivity index (χ4n) is 2.40. The van der Waals surface area contributed by atoms with Crippen LogP contribution in [0.5, 0.6) is 0 Å². The van der Waals surface area contributed by atoms with Crippen LogP contribution in [0.1, 0.15) is 43.4 Å². The zero-order valence-corrected chi connectivity index (χ0v) is 12.1. The highest BCUT2D eigenvalue weighted by molar-refractivity contribution is 5.34. The Morgan fingerprint density at radius 3 is 2.33 bits per heavy atom. The standard InChI is InChI=1S/C16H26FN/c1-5-18-9-8-12(2)6-7-16-13(3)10-15(17)11-14(16)4/h10-12,18H,5-9H2,1-4H3. The Morgan fingerprint density at radius 2 is 1.78 bits per heavy atom. The van der Waals surface area contributed by atoms with E-state index in [4.69, 9.17) is 0 Å². The molecule has 0 bridgehead atoms. The van der Waals surface area contributed by atoms with Crippen molar-refractivity contribution in [1.82, 2.24) is 5.32 Å². The van der Waals surface area contributed by atoms with Gasteiger partial charge in [0.15, 0.2) is 0 Å². The molecular formula is C16H26FN. The van der Waals surface area contributed by atoms with Gasteiger partial charge < -0.3 is 5.32 Å². The minimum absolute atomic E-state index is 0.117. The van der Waals surface area contributed by atoms with E-state index < -0.39 is 0 Å². The van der Waals surface area contributed by atoms with Crippen LogP contribution in [0.15, 0.2) is 12.1 Å². The van der Waals surface area contributed by atoms with Crippen LogP contribution >= 0.6 is 0 Å². The fraction of sp³-hybridized carbons (Fsp3) is 0.625. The van der Waals surface area contributed by atoms with Crippen LogP contribution in [0.2, 0.25) is 0 Å². The maximum Gasteiger partial charge on any atom is 0.123 e. The molecule has 0 aliphatic carbocycles. The van der Waals surface area contributed by atoms with Crippen molar-refractivity contribution in [2.45, 2.75) is 47.0 Å². The number of benzene rings is 1. The summed E-state index contributed by atoms with van der Waals surface area (Å²) in [5, 5.41) is 3.36. The van der Waals surface area contributed by atoms with Crippen molar-refractivity contribution in [2.75, 3.05) is 13.1 Å². The molecule has 1 unspecified atom stereocenters. The number of hydrogen-bond donors (Lipinski definition) is 1. The maximum atomic E-state index is 13.2. The second-order valence-corrected chi connectivity index (χ2v) is 5.30. The molecule has 0 fully saturated rings. The Hall–Kier alpha value is -0.890. The van der Waals surface area contributed by atoms with Crippen LogP contribution in [0, 0.1) is 25.6 Å². The van der Waals surface area contributed by atoms with E-state index in [9.17, 15) is 4.39 Å². The number of aryl methyl sites for hydroxylation is 2. The maximum absolute atomic E-state index is 13.2. The predicted octanol–water partition coefficient (Wildman–Crippen LogP) is 4.01. The van der Waals surface area contributed by atoms with Gasteiger partial charge in [0.25, 0.3) is 0 Å². The van der Waals surface area contributed by atoms with Crippen LogP contribution in [0.3, 0.4) is 0 Å². The van der Waals surface area contributed by atoms with Crippen molar-refractivity contribution < 1.29 is 4.39 Å². The molecule has 0 aliphatic heterocycles. The minimum Gasteiger partial charge on any atom is -0.317 e. The predicted molar refractivity (Wildman–Crippen MR) is 76.5 cm³/mol. The van der Waals surface area contributed by atoms with Crippen molar-refractivity contribution in [3.8, 4) is 0 Å². The van der Waals surface area contributed by atoms with E-state index in [0.717, 1.165) is 30.6 Å². The molecular weight excluding hydrogens is 225 g/mol. The zero-order chi connectivity index (χ0) is 13.5.